The van der Waals surface area contributed by atoms with Gasteiger partial charge in [-0.05, 0) is 62.7 Å². The molecule has 0 aliphatic carbocycles. The van der Waals surface area contributed by atoms with Gasteiger partial charge in [0.2, 0.25) is 0 Å². The van der Waals surface area contributed by atoms with Gasteiger partial charge in [-0.25, -0.2) is 0 Å². The molecular weight excluding hydrogens is 440 g/mol. The van der Waals surface area contributed by atoms with E-state index < -0.39 is 17.7 Å². The van der Waals surface area contributed by atoms with Crippen LogP contribution >= 0.6 is 0 Å². The lowest BCUT2D eigenvalue weighted by atomic mass is 9.95. The molecule has 34 heavy (non-hydrogen) atoms. The summed E-state index contributed by atoms with van der Waals surface area (Å²) < 4.78 is 16.1. The van der Waals surface area contributed by atoms with Gasteiger partial charge in [0.15, 0.2) is 17.3 Å². The molecule has 2 aromatic carbocycles. The van der Waals surface area contributed by atoms with Crippen molar-refractivity contribution in [3.63, 3.8) is 0 Å². The van der Waals surface area contributed by atoms with E-state index in [1.165, 1.54) is 23.1 Å². The van der Waals surface area contributed by atoms with E-state index in [4.69, 9.17) is 14.0 Å². The average molecular weight is 464 g/mol. The zero-order chi connectivity index (χ0) is 24.4. The van der Waals surface area contributed by atoms with Crippen molar-refractivity contribution in [2.45, 2.75) is 26.8 Å². The van der Waals surface area contributed by atoms with Gasteiger partial charge in [0, 0.05) is 11.6 Å². The van der Waals surface area contributed by atoms with Crippen LogP contribution in [0.5, 0.6) is 17.2 Å². The Labute approximate surface area is 195 Å². The smallest absolute Gasteiger partial charge is 0.301 e. The Bertz CT molecular complexity index is 1260. The molecule has 2 heterocycles. The largest absolute Gasteiger partial charge is 0.507 e. The fourth-order valence-corrected chi connectivity index (χ4v) is 3.85. The molecule has 1 aromatic heterocycles. The SMILES string of the molecule is CCOc1ccc(/C(O)=C2\C(=O)C(=O)N(c3cc(C)on3)[C@@H]2c2ccc(O)c(OCC)c2)cc1. The Hall–Kier alpha value is -4.27. The zero-order valence-corrected chi connectivity index (χ0v) is 18.9. The summed E-state index contributed by atoms with van der Waals surface area (Å²) in [5.74, 6) is -0.812. The molecule has 1 atom stereocenters. The first kappa shape index (κ1) is 22.9. The molecule has 9 heteroatoms. The second kappa shape index (κ2) is 9.30. The van der Waals surface area contributed by atoms with Gasteiger partial charge in [-0.2, -0.15) is 0 Å². The zero-order valence-electron chi connectivity index (χ0n) is 18.9. The molecule has 0 unspecified atom stereocenters. The summed E-state index contributed by atoms with van der Waals surface area (Å²) in [6.07, 6.45) is 0. The number of phenols is 1. The molecule has 176 valence electrons. The number of ether oxygens (including phenoxy) is 2. The number of nitrogens with zero attached hydrogens (tertiary/aromatic N) is 2. The molecule has 0 spiro atoms. The molecule has 2 N–H and O–H groups in total. The highest BCUT2D eigenvalue weighted by Gasteiger charge is 2.48. The van der Waals surface area contributed by atoms with E-state index >= 15 is 0 Å². The van der Waals surface area contributed by atoms with Crippen LogP contribution in [0.2, 0.25) is 0 Å². The van der Waals surface area contributed by atoms with Crippen molar-refractivity contribution in [2.24, 2.45) is 0 Å². The molecule has 1 fully saturated rings. The quantitative estimate of drug-likeness (QED) is 0.304. The maximum atomic E-state index is 13.2. The maximum absolute atomic E-state index is 13.2. The number of benzene rings is 2. The number of aliphatic hydroxyl groups is 1. The number of aromatic nitrogens is 1. The highest BCUT2D eigenvalue weighted by molar-refractivity contribution is 6.51. The van der Waals surface area contributed by atoms with Crippen LogP contribution in [0, 0.1) is 6.92 Å². The highest BCUT2D eigenvalue weighted by atomic mass is 16.5. The standard InChI is InChI=1S/C25H24N2O7/c1-4-32-17-9-6-15(7-10-17)23(29)21-22(16-8-11-18(28)19(13-16)33-5-2)27(25(31)24(21)30)20-12-14(3)34-26-20/h6-13,22,28-29H,4-5H2,1-3H3/b23-21+/t22-/m1/s1. The van der Waals surface area contributed by atoms with Crippen LogP contribution in [0.15, 0.2) is 58.6 Å². The summed E-state index contributed by atoms with van der Waals surface area (Å²) in [5, 5.41) is 25.2. The van der Waals surface area contributed by atoms with E-state index in [-0.39, 0.29) is 28.6 Å². The molecule has 1 saturated heterocycles. The first-order chi connectivity index (χ1) is 16.3. The third-order valence-electron chi connectivity index (χ3n) is 5.34. The van der Waals surface area contributed by atoms with Crippen LogP contribution in [-0.4, -0.2) is 40.3 Å². The highest BCUT2D eigenvalue weighted by Crippen LogP contribution is 2.43. The normalized spacial score (nSPS) is 17.3. The number of hydrogen-bond acceptors (Lipinski definition) is 8. The minimum absolute atomic E-state index is 0.0913. The molecule has 1 amide bonds. The van der Waals surface area contributed by atoms with Crippen molar-refractivity contribution in [1.29, 1.82) is 0 Å². The number of hydrogen-bond donors (Lipinski definition) is 2. The number of aliphatic hydroxyl groups excluding tert-OH is 1. The minimum atomic E-state index is -1.03. The number of rotatable bonds is 7. The van der Waals surface area contributed by atoms with Gasteiger partial charge in [0.1, 0.15) is 17.3 Å². The van der Waals surface area contributed by atoms with Crippen molar-refractivity contribution in [2.75, 3.05) is 18.1 Å². The number of aromatic hydroxyl groups is 1. The monoisotopic (exact) mass is 464 g/mol. The summed E-state index contributed by atoms with van der Waals surface area (Å²) in [7, 11) is 0. The van der Waals surface area contributed by atoms with Gasteiger partial charge in [0.05, 0.1) is 24.8 Å². The van der Waals surface area contributed by atoms with E-state index in [0.717, 1.165) is 0 Å². The van der Waals surface area contributed by atoms with E-state index in [0.29, 0.717) is 35.9 Å². The van der Waals surface area contributed by atoms with Crippen LogP contribution in [0.25, 0.3) is 5.76 Å². The summed E-state index contributed by atoms with van der Waals surface area (Å²) in [4.78, 5) is 27.4. The van der Waals surface area contributed by atoms with Gasteiger partial charge in [-0.3, -0.25) is 14.5 Å². The Kier molecular flexibility index (Phi) is 6.27. The maximum Gasteiger partial charge on any atom is 0.301 e. The first-order valence-electron chi connectivity index (χ1n) is 10.8. The van der Waals surface area contributed by atoms with Crippen LogP contribution in [0.4, 0.5) is 5.82 Å². The third kappa shape index (κ3) is 4.07. The van der Waals surface area contributed by atoms with Crippen LogP contribution in [-0.2, 0) is 9.59 Å². The molecule has 1 aliphatic rings. The molecule has 3 aromatic rings. The minimum Gasteiger partial charge on any atom is -0.507 e. The number of ketones is 1. The van der Waals surface area contributed by atoms with Crippen LogP contribution in [0.3, 0.4) is 0 Å². The van der Waals surface area contributed by atoms with E-state index in [2.05, 4.69) is 5.16 Å². The Morgan fingerprint density at radius 2 is 1.76 bits per heavy atom. The van der Waals surface area contributed by atoms with Crippen molar-refractivity contribution in [1.82, 2.24) is 5.16 Å². The predicted octanol–water partition coefficient (Wildman–Crippen LogP) is 4.11. The second-order valence-electron chi connectivity index (χ2n) is 7.58. The van der Waals surface area contributed by atoms with Crippen LogP contribution in [0.1, 0.15) is 36.8 Å². The molecule has 1 aliphatic heterocycles. The Balaban J connectivity index is 1.90. The van der Waals surface area contributed by atoms with Crippen molar-refractivity contribution in [3.8, 4) is 17.2 Å². The predicted molar refractivity (Wildman–Crippen MR) is 123 cm³/mol. The average Bonchev–Trinajstić information content (AvgIpc) is 3.36. The van der Waals surface area contributed by atoms with E-state index in [1.54, 1.807) is 44.2 Å². The number of Topliss-reactive ketones (excluding diaryl/α,β-unsaturated/α-hetero) is 1. The van der Waals surface area contributed by atoms with Gasteiger partial charge >= 0.3 is 5.91 Å². The molecule has 0 radical (unpaired) electrons. The van der Waals surface area contributed by atoms with Gasteiger partial charge in [-0.1, -0.05) is 11.2 Å². The topological polar surface area (TPSA) is 122 Å². The number of aryl methyl sites for hydroxylation is 1. The summed E-state index contributed by atoms with van der Waals surface area (Å²) >= 11 is 0. The van der Waals surface area contributed by atoms with Crippen molar-refractivity contribution < 1.29 is 33.8 Å². The lowest BCUT2D eigenvalue weighted by Crippen LogP contribution is -2.29. The number of carbonyl (C=O) groups excluding carboxylic acids is 2. The van der Waals surface area contributed by atoms with Crippen LogP contribution < -0.4 is 14.4 Å². The lowest BCUT2D eigenvalue weighted by molar-refractivity contribution is -0.132. The lowest BCUT2D eigenvalue weighted by Gasteiger charge is -2.23. The number of anilines is 1. The van der Waals surface area contributed by atoms with Gasteiger partial charge in [0.25, 0.3) is 5.78 Å². The molecule has 9 nitrogen and oxygen atoms in total. The molecule has 4 rings (SSSR count). The second-order valence-corrected chi connectivity index (χ2v) is 7.58. The number of phenolic OH excluding ortho intramolecular Hbond substituents is 1. The fourth-order valence-electron chi connectivity index (χ4n) is 3.85. The van der Waals surface area contributed by atoms with E-state index in [1.807, 2.05) is 6.92 Å². The Morgan fingerprint density at radius 1 is 1.06 bits per heavy atom. The van der Waals surface area contributed by atoms with Gasteiger partial charge in [-0.15, -0.1) is 0 Å². The molecule has 0 bridgehead atoms. The number of amides is 1. The van der Waals surface area contributed by atoms with E-state index in [9.17, 15) is 19.8 Å². The summed E-state index contributed by atoms with van der Waals surface area (Å²) in [6, 6.07) is 11.5. The van der Waals surface area contributed by atoms with Crippen molar-refractivity contribution >= 4 is 23.3 Å². The number of carbonyl (C=O) groups is 2. The third-order valence-corrected chi connectivity index (χ3v) is 5.34. The summed E-state index contributed by atoms with van der Waals surface area (Å²) in [6.45, 7) is 6.07. The fraction of sp³-hybridized carbons (Fsp3) is 0.240. The molecular formula is C25H24N2O7. The molecule has 0 saturated carbocycles. The van der Waals surface area contributed by atoms with Crippen molar-refractivity contribution in [3.05, 3.63) is 71.0 Å². The summed E-state index contributed by atoms with van der Waals surface area (Å²) in [5.41, 5.74) is 0.656. The first-order valence-corrected chi connectivity index (χ1v) is 10.8. The Morgan fingerprint density at radius 3 is 2.38 bits per heavy atom. The van der Waals surface area contributed by atoms with Gasteiger partial charge < -0.3 is 24.2 Å².